The normalized spacial score (nSPS) is 15.1. The van der Waals surface area contributed by atoms with E-state index < -0.39 is 10.0 Å². The summed E-state index contributed by atoms with van der Waals surface area (Å²) in [5.41, 5.74) is 1.97. The smallest absolute Gasteiger partial charge is 0.243 e. The maximum absolute atomic E-state index is 12.9. The molecule has 0 unspecified atom stereocenters. The number of aromatic nitrogens is 5. The van der Waals surface area contributed by atoms with Crippen LogP contribution in [0.1, 0.15) is 6.92 Å². The molecule has 2 aromatic heterocycles. The number of sulfonamides is 1. The van der Waals surface area contributed by atoms with Crippen LogP contribution in [0.25, 0.3) is 16.9 Å². The minimum atomic E-state index is -3.52. The molecule has 1 fully saturated rings. The molecule has 5 rings (SSSR count). The number of ether oxygens (including phenoxy) is 1. The first kappa shape index (κ1) is 21.3. The molecule has 4 aromatic rings. The quantitative estimate of drug-likeness (QED) is 0.426. The van der Waals surface area contributed by atoms with Crippen LogP contribution in [0.2, 0.25) is 0 Å². The molecule has 1 saturated heterocycles. The van der Waals surface area contributed by atoms with Crippen LogP contribution < -0.4 is 9.64 Å². The molecule has 0 amide bonds. The van der Waals surface area contributed by atoms with E-state index in [9.17, 15) is 8.42 Å². The van der Waals surface area contributed by atoms with Crippen LogP contribution in [0.5, 0.6) is 5.75 Å². The number of hydrogen-bond donors (Lipinski definition) is 0. The van der Waals surface area contributed by atoms with Crippen LogP contribution in [0.4, 0.5) is 5.82 Å². The SMILES string of the molecule is CCOc1ccc(-n2nnc3c(N4CCN(S(=O)(=O)c5ccccc5)CC4)ncnc32)cc1. The number of anilines is 1. The highest BCUT2D eigenvalue weighted by molar-refractivity contribution is 7.89. The van der Waals surface area contributed by atoms with Gasteiger partial charge in [-0.05, 0) is 43.3 Å². The molecule has 2 aromatic carbocycles. The third-order valence-electron chi connectivity index (χ3n) is 5.53. The first-order valence-corrected chi connectivity index (χ1v) is 12.1. The van der Waals surface area contributed by atoms with E-state index in [-0.39, 0.29) is 0 Å². The van der Waals surface area contributed by atoms with Crippen molar-refractivity contribution in [1.29, 1.82) is 0 Å². The first-order valence-electron chi connectivity index (χ1n) is 10.7. The molecule has 0 radical (unpaired) electrons. The van der Waals surface area contributed by atoms with Gasteiger partial charge in [-0.1, -0.05) is 23.4 Å². The van der Waals surface area contributed by atoms with Crippen molar-refractivity contribution < 1.29 is 13.2 Å². The fourth-order valence-corrected chi connectivity index (χ4v) is 5.32. The summed E-state index contributed by atoms with van der Waals surface area (Å²) in [7, 11) is -3.52. The summed E-state index contributed by atoms with van der Waals surface area (Å²) in [6.07, 6.45) is 1.49. The van der Waals surface area contributed by atoms with Gasteiger partial charge in [-0.3, -0.25) is 0 Å². The summed E-state index contributed by atoms with van der Waals surface area (Å²) in [4.78, 5) is 11.2. The molecule has 0 atom stereocenters. The Bertz CT molecular complexity index is 1350. The van der Waals surface area contributed by atoms with E-state index in [0.717, 1.165) is 11.4 Å². The van der Waals surface area contributed by atoms with Crippen molar-refractivity contribution >= 4 is 27.0 Å². The Kier molecular flexibility index (Phi) is 5.65. The highest BCUT2D eigenvalue weighted by Crippen LogP contribution is 2.25. The van der Waals surface area contributed by atoms with E-state index in [2.05, 4.69) is 20.3 Å². The van der Waals surface area contributed by atoms with Gasteiger partial charge in [-0.15, -0.1) is 5.10 Å². The zero-order valence-electron chi connectivity index (χ0n) is 18.1. The van der Waals surface area contributed by atoms with Crippen molar-refractivity contribution in [3.8, 4) is 11.4 Å². The largest absolute Gasteiger partial charge is 0.494 e. The summed E-state index contributed by atoms with van der Waals surface area (Å²) < 4.78 is 34.5. The number of piperazine rings is 1. The van der Waals surface area contributed by atoms with Gasteiger partial charge in [0.05, 0.1) is 17.2 Å². The Morgan fingerprint density at radius 1 is 0.939 bits per heavy atom. The van der Waals surface area contributed by atoms with Crippen molar-refractivity contribution in [2.45, 2.75) is 11.8 Å². The van der Waals surface area contributed by atoms with Crippen LogP contribution in [-0.4, -0.2) is 70.5 Å². The number of hydrogen-bond acceptors (Lipinski definition) is 8. The molecule has 0 aliphatic carbocycles. The summed E-state index contributed by atoms with van der Waals surface area (Å²) in [6, 6.07) is 16.1. The Morgan fingerprint density at radius 2 is 1.67 bits per heavy atom. The molecular formula is C22H23N7O3S. The lowest BCUT2D eigenvalue weighted by atomic mass is 10.3. The summed E-state index contributed by atoms with van der Waals surface area (Å²) in [5, 5.41) is 8.61. The molecule has 0 N–H and O–H groups in total. The van der Waals surface area contributed by atoms with E-state index in [4.69, 9.17) is 4.74 Å². The second-order valence-corrected chi connectivity index (χ2v) is 9.44. The molecule has 3 heterocycles. The topological polar surface area (TPSA) is 106 Å². The van der Waals surface area contributed by atoms with Crippen LogP contribution in [-0.2, 0) is 10.0 Å². The molecule has 0 saturated carbocycles. The van der Waals surface area contributed by atoms with Gasteiger partial charge in [-0.25, -0.2) is 18.4 Å². The summed E-state index contributed by atoms with van der Waals surface area (Å²) in [6.45, 7) is 4.24. The number of rotatable bonds is 6. The van der Waals surface area contributed by atoms with E-state index in [1.54, 1.807) is 35.0 Å². The van der Waals surface area contributed by atoms with Gasteiger partial charge in [0.15, 0.2) is 17.0 Å². The van der Waals surface area contributed by atoms with Crippen LogP contribution >= 0.6 is 0 Å². The fraction of sp³-hybridized carbons (Fsp3) is 0.273. The van der Waals surface area contributed by atoms with Crippen molar-refractivity contribution in [3.05, 3.63) is 60.9 Å². The van der Waals surface area contributed by atoms with E-state index in [0.29, 0.717) is 54.7 Å². The second kappa shape index (κ2) is 8.75. The molecule has 1 aliphatic heterocycles. The molecule has 0 spiro atoms. The molecular weight excluding hydrogens is 442 g/mol. The number of fused-ring (bicyclic) bond motifs is 1. The minimum absolute atomic E-state index is 0.307. The number of benzene rings is 2. The highest BCUT2D eigenvalue weighted by Gasteiger charge is 2.30. The van der Waals surface area contributed by atoms with Gasteiger partial charge in [0.2, 0.25) is 10.0 Å². The zero-order chi connectivity index (χ0) is 22.8. The summed E-state index contributed by atoms with van der Waals surface area (Å²) >= 11 is 0. The first-order chi connectivity index (χ1) is 16.1. The standard InChI is InChI=1S/C22H23N7O3S/c1-2-32-18-10-8-17(9-11-18)29-22-20(25-26-29)21(23-16-24-22)27-12-14-28(15-13-27)33(30,31)19-6-4-3-5-7-19/h3-11,16H,2,12-15H2,1H3. The molecule has 1 aliphatic rings. The number of nitrogens with zero attached hydrogens (tertiary/aromatic N) is 7. The van der Waals surface area contributed by atoms with E-state index in [1.807, 2.05) is 36.1 Å². The molecule has 11 heteroatoms. The predicted molar refractivity (Wildman–Crippen MR) is 123 cm³/mol. The monoisotopic (exact) mass is 465 g/mol. The van der Waals surface area contributed by atoms with Crippen LogP contribution in [0.3, 0.4) is 0 Å². The molecule has 10 nitrogen and oxygen atoms in total. The maximum Gasteiger partial charge on any atom is 0.243 e. The van der Waals surface area contributed by atoms with Crippen molar-refractivity contribution in [2.24, 2.45) is 0 Å². The summed E-state index contributed by atoms with van der Waals surface area (Å²) in [5.74, 6) is 1.43. The van der Waals surface area contributed by atoms with Gasteiger partial charge in [-0.2, -0.15) is 8.99 Å². The Hall–Kier alpha value is -3.57. The molecule has 0 bridgehead atoms. The van der Waals surface area contributed by atoms with Crippen molar-refractivity contribution in [3.63, 3.8) is 0 Å². The second-order valence-electron chi connectivity index (χ2n) is 7.50. The molecule has 170 valence electrons. The Labute approximate surface area is 191 Å². The lowest BCUT2D eigenvalue weighted by Crippen LogP contribution is -2.49. The zero-order valence-corrected chi connectivity index (χ0v) is 18.9. The third kappa shape index (κ3) is 4.00. The van der Waals surface area contributed by atoms with Gasteiger partial charge >= 0.3 is 0 Å². The van der Waals surface area contributed by atoms with Gasteiger partial charge in [0.1, 0.15) is 12.1 Å². The molecule has 33 heavy (non-hydrogen) atoms. The van der Waals surface area contributed by atoms with E-state index in [1.165, 1.54) is 10.6 Å². The van der Waals surface area contributed by atoms with Crippen LogP contribution in [0.15, 0.2) is 65.8 Å². The van der Waals surface area contributed by atoms with E-state index >= 15 is 0 Å². The van der Waals surface area contributed by atoms with Crippen molar-refractivity contribution in [2.75, 3.05) is 37.7 Å². The average Bonchev–Trinajstić information content (AvgIpc) is 3.30. The van der Waals surface area contributed by atoms with Gasteiger partial charge < -0.3 is 9.64 Å². The van der Waals surface area contributed by atoms with Gasteiger partial charge in [0.25, 0.3) is 0 Å². The lowest BCUT2D eigenvalue weighted by Gasteiger charge is -2.34. The average molecular weight is 466 g/mol. The van der Waals surface area contributed by atoms with Gasteiger partial charge in [0, 0.05) is 26.2 Å². The minimum Gasteiger partial charge on any atom is -0.494 e. The highest BCUT2D eigenvalue weighted by atomic mass is 32.2. The van der Waals surface area contributed by atoms with Crippen LogP contribution in [0, 0.1) is 0 Å². The Morgan fingerprint density at radius 3 is 2.36 bits per heavy atom. The predicted octanol–water partition coefficient (Wildman–Crippen LogP) is 2.12. The fourth-order valence-electron chi connectivity index (χ4n) is 3.87. The third-order valence-corrected chi connectivity index (χ3v) is 7.44. The Balaban J connectivity index is 1.37. The maximum atomic E-state index is 12.9. The van der Waals surface area contributed by atoms with Crippen molar-refractivity contribution in [1.82, 2.24) is 29.3 Å². The lowest BCUT2D eigenvalue weighted by molar-refractivity contribution is 0.340.